The molecule has 5 heteroatoms. The summed E-state index contributed by atoms with van der Waals surface area (Å²) in [4.78, 5) is 14.8. The molecule has 1 atom stereocenters. The van der Waals surface area contributed by atoms with Gasteiger partial charge in [0.05, 0.1) is 13.0 Å². The average molecular weight is 381 g/mol. The molecule has 1 N–H and O–H groups in total. The maximum absolute atomic E-state index is 12.2. The van der Waals surface area contributed by atoms with E-state index in [4.69, 9.17) is 4.74 Å². The van der Waals surface area contributed by atoms with Crippen LogP contribution in [0.5, 0.6) is 0 Å². The number of rotatable bonds is 5. The Hall–Kier alpha value is -0.910. The summed E-state index contributed by atoms with van der Waals surface area (Å²) in [5.74, 6) is 0.830. The lowest BCUT2D eigenvalue weighted by Crippen LogP contribution is -2.46. The van der Waals surface area contributed by atoms with Crippen LogP contribution in [0, 0.1) is 5.92 Å². The smallest absolute Gasteiger partial charge is 0.224 e. The summed E-state index contributed by atoms with van der Waals surface area (Å²) in [6.07, 6.45) is 3.74. The molecule has 1 unspecified atom stereocenters. The average Bonchev–Trinajstić information content (AvgIpc) is 3.04. The zero-order valence-electron chi connectivity index (χ0n) is 13.5. The maximum atomic E-state index is 12.2. The summed E-state index contributed by atoms with van der Waals surface area (Å²) in [5.41, 5.74) is 1.05. The van der Waals surface area contributed by atoms with Crippen LogP contribution in [-0.4, -0.2) is 49.7 Å². The van der Waals surface area contributed by atoms with Gasteiger partial charge in [0.1, 0.15) is 0 Å². The number of hydrogen-bond donors (Lipinski definition) is 1. The van der Waals surface area contributed by atoms with Crippen LogP contribution in [0.2, 0.25) is 0 Å². The highest BCUT2D eigenvalue weighted by Crippen LogP contribution is 2.19. The Kier molecular flexibility index (Phi) is 6.08. The van der Waals surface area contributed by atoms with Gasteiger partial charge in [-0.1, -0.05) is 34.1 Å². The molecular weight excluding hydrogens is 356 g/mol. The molecule has 0 bridgehead atoms. The topological polar surface area (TPSA) is 41.6 Å². The van der Waals surface area contributed by atoms with Crippen molar-refractivity contribution in [3.63, 3.8) is 0 Å². The van der Waals surface area contributed by atoms with Crippen LogP contribution in [0.3, 0.4) is 0 Å². The molecule has 0 saturated carbocycles. The zero-order valence-corrected chi connectivity index (χ0v) is 15.1. The molecule has 2 fully saturated rings. The molecule has 2 heterocycles. The summed E-state index contributed by atoms with van der Waals surface area (Å²) in [5, 5.41) is 3.20. The molecule has 0 spiro atoms. The first-order valence-electron chi connectivity index (χ1n) is 8.53. The molecule has 0 aromatic heterocycles. The third-order valence-electron chi connectivity index (χ3n) is 4.80. The summed E-state index contributed by atoms with van der Waals surface area (Å²) < 4.78 is 6.45. The van der Waals surface area contributed by atoms with E-state index in [0.717, 1.165) is 55.7 Å². The van der Waals surface area contributed by atoms with Crippen molar-refractivity contribution >= 4 is 21.8 Å². The van der Waals surface area contributed by atoms with Crippen LogP contribution in [0.1, 0.15) is 24.8 Å². The van der Waals surface area contributed by atoms with Crippen molar-refractivity contribution in [3.05, 3.63) is 34.3 Å². The normalized spacial score (nSPS) is 23.1. The van der Waals surface area contributed by atoms with Crippen molar-refractivity contribution in [2.24, 2.45) is 5.92 Å². The van der Waals surface area contributed by atoms with Crippen LogP contribution in [0.4, 0.5) is 0 Å². The highest BCUT2D eigenvalue weighted by Gasteiger charge is 2.24. The maximum Gasteiger partial charge on any atom is 0.224 e. The van der Waals surface area contributed by atoms with E-state index in [0.29, 0.717) is 18.4 Å². The minimum Gasteiger partial charge on any atom is -0.381 e. The number of benzene rings is 1. The number of piperidine rings is 1. The van der Waals surface area contributed by atoms with E-state index in [1.807, 2.05) is 24.3 Å². The van der Waals surface area contributed by atoms with E-state index in [1.165, 1.54) is 6.42 Å². The predicted molar refractivity (Wildman–Crippen MR) is 94.4 cm³/mol. The summed E-state index contributed by atoms with van der Waals surface area (Å²) in [7, 11) is 0. The van der Waals surface area contributed by atoms with Crippen LogP contribution in [0.15, 0.2) is 28.7 Å². The van der Waals surface area contributed by atoms with Gasteiger partial charge < -0.3 is 15.0 Å². The molecule has 2 saturated heterocycles. The third-order valence-corrected chi connectivity index (χ3v) is 5.58. The number of nitrogens with one attached hydrogen (secondary N) is 1. The van der Waals surface area contributed by atoms with Crippen molar-refractivity contribution < 1.29 is 9.53 Å². The van der Waals surface area contributed by atoms with Gasteiger partial charge in [0, 0.05) is 36.8 Å². The van der Waals surface area contributed by atoms with Crippen molar-refractivity contribution in [2.45, 2.75) is 31.7 Å². The van der Waals surface area contributed by atoms with Gasteiger partial charge in [-0.15, -0.1) is 0 Å². The second kappa shape index (κ2) is 8.27. The molecule has 1 amide bonds. The van der Waals surface area contributed by atoms with Crippen LogP contribution >= 0.6 is 15.9 Å². The van der Waals surface area contributed by atoms with Crippen LogP contribution in [-0.2, 0) is 16.0 Å². The zero-order chi connectivity index (χ0) is 16.1. The number of nitrogens with zero attached hydrogens (tertiary/aromatic N) is 1. The first-order valence-corrected chi connectivity index (χ1v) is 9.33. The Bertz CT molecular complexity index is 524. The fourth-order valence-corrected chi connectivity index (χ4v) is 3.87. The fourth-order valence-electron chi connectivity index (χ4n) is 3.45. The van der Waals surface area contributed by atoms with E-state index in [9.17, 15) is 4.79 Å². The van der Waals surface area contributed by atoms with Gasteiger partial charge in [-0.05, 0) is 36.8 Å². The highest BCUT2D eigenvalue weighted by molar-refractivity contribution is 9.10. The second-order valence-corrected chi connectivity index (χ2v) is 7.49. The Labute approximate surface area is 146 Å². The molecule has 1 aromatic carbocycles. The molecule has 126 valence electrons. The Balaban J connectivity index is 1.40. The van der Waals surface area contributed by atoms with Gasteiger partial charge >= 0.3 is 0 Å². The molecule has 23 heavy (non-hydrogen) atoms. The first kappa shape index (κ1) is 16.9. The number of ether oxygens (including phenoxy) is 1. The molecular formula is C18H25BrN2O2. The second-order valence-electron chi connectivity index (χ2n) is 6.64. The summed E-state index contributed by atoms with van der Waals surface area (Å²) in [6.45, 7) is 5.15. The SMILES string of the molecule is O=C(Cc1ccccc1Br)NC1CCN(CC2CCOC2)CC1. The van der Waals surface area contributed by atoms with Gasteiger partial charge in [-0.2, -0.15) is 0 Å². The Morgan fingerprint density at radius 3 is 2.74 bits per heavy atom. The van der Waals surface area contributed by atoms with Crippen LogP contribution < -0.4 is 5.32 Å². The first-order chi connectivity index (χ1) is 11.2. The number of carbonyl (C=O) groups excluding carboxylic acids is 1. The highest BCUT2D eigenvalue weighted by atomic mass is 79.9. The lowest BCUT2D eigenvalue weighted by atomic mass is 10.0. The van der Waals surface area contributed by atoms with Gasteiger partial charge in [-0.3, -0.25) is 4.79 Å². The summed E-state index contributed by atoms with van der Waals surface area (Å²) in [6, 6.07) is 8.24. The van der Waals surface area contributed by atoms with Gasteiger partial charge in [0.25, 0.3) is 0 Å². The number of carbonyl (C=O) groups is 1. The van der Waals surface area contributed by atoms with E-state index in [1.54, 1.807) is 0 Å². The predicted octanol–water partition coefficient (Wildman–Crippen LogP) is 2.61. The molecule has 4 nitrogen and oxygen atoms in total. The molecule has 1 aromatic rings. The number of likely N-dealkylation sites (tertiary alicyclic amines) is 1. The molecule has 0 aliphatic carbocycles. The number of halogens is 1. The number of amides is 1. The van der Waals surface area contributed by atoms with E-state index in [-0.39, 0.29) is 5.91 Å². The largest absolute Gasteiger partial charge is 0.381 e. The quantitative estimate of drug-likeness (QED) is 0.853. The minimum atomic E-state index is 0.125. The molecule has 3 rings (SSSR count). The lowest BCUT2D eigenvalue weighted by molar-refractivity contribution is -0.121. The van der Waals surface area contributed by atoms with E-state index >= 15 is 0 Å². The van der Waals surface area contributed by atoms with Crippen molar-refractivity contribution in [1.29, 1.82) is 0 Å². The van der Waals surface area contributed by atoms with Crippen molar-refractivity contribution in [2.75, 3.05) is 32.8 Å². The summed E-state index contributed by atoms with van der Waals surface area (Å²) >= 11 is 3.50. The van der Waals surface area contributed by atoms with Crippen LogP contribution in [0.25, 0.3) is 0 Å². The lowest BCUT2D eigenvalue weighted by Gasteiger charge is -2.33. The third kappa shape index (κ3) is 5.03. The monoisotopic (exact) mass is 380 g/mol. The van der Waals surface area contributed by atoms with E-state index < -0.39 is 0 Å². The number of hydrogen-bond acceptors (Lipinski definition) is 3. The molecule has 2 aliphatic rings. The van der Waals surface area contributed by atoms with Gasteiger partial charge in [0.2, 0.25) is 5.91 Å². The minimum absolute atomic E-state index is 0.125. The van der Waals surface area contributed by atoms with E-state index in [2.05, 4.69) is 26.1 Å². The Morgan fingerprint density at radius 2 is 2.04 bits per heavy atom. The standard InChI is InChI=1S/C18H25BrN2O2/c19-17-4-2-1-3-15(17)11-18(22)20-16-5-8-21(9-6-16)12-14-7-10-23-13-14/h1-4,14,16H,5-13H2,(H,20,22). The van der Waals surface area contributed by atoms with Crippen molar-refractivity contribution in [3.8, 4) is 0 Å². The Morgan fingerprint density at radius 1 is 1.26 bits per heavy atom. The fraction of sp³-hybridized carbons (Fsp3) is 0.611. The molecule has 2 aliphatic heterocycles. The van der Waals surface area contributed by atoms with Crippen molar-refractivity contribution in [1.82, 2.24) is 10.2 Å². The van der Waals surface area contributed by atoms with Gasteiger partial charge in [0.15, 0.2) is 0 Å². The van der Waals surface area contributed by atoms with Gasteiger partial charge in [-0.25, -0.2) is 0 Å². The molecule has 0 radical (unpaired) electrons.